The molecule has 0 amide bonds. The highest BCUT2D eigenvalue weighted by molar-refractivity contribution is 6.00. The molecule has 0 radical (unpaired) electrons. The van der Waals surface area contributed by atoms with E-state index in [-0.39, 0.29) is 5.84 Å². The number of hydrogen-bond donors (Lipinski definition) is 2. The van der Waals surface area contributed by atoms with Gasteiger partial charge in [0, 0.05) is 40.6 Å². The molecule has 4 aliphatic carbocycles. The Balaban J connectivity index is 0.606. The molecule has 0 aliphatic heterocycles. The molecule has 0 bridgehead atoms. The molecule has 482 valence electrons. The highest BCUT2D eigenvalue weighted by atomic mass is 15.4. The van der Waals surface area contributed by atoms with Gasteiger partial charge >= 0.3 is 11.8 Å². The summed E-state index contributed by atoms with van der Waals surface area (Å²) in [6, 6.07) is 126. The highest BCUT2D eigenvalue weighted by Gasteiger charge is 2.53. The Morgan fingerprint density at radius 1 is 0.365 bits per heavy atom. The van der Waals surface area contributed by atoms with E-state index < -0.39 is 10.8 Å². The van der Waals surface area contributed by atoms with E-state index in [4.69, 9.17) is 19.9 Å². The molecule has 0 saturated carbocycles. The van der Waals surface area contributed by atoms with E-state index in [9.17, 15) is 10.7 Å². The fourth-order valence-electron chi connectivity index (χ4n) is 17.0. The molecule has 2 heterocycles. The molecule has 0 saturated heterocycles. The van der Waals surface area contributed by atoms with E-state index in [0.29, 0.717) is 22.4 Å². The molecule has 16 aromatic rings. The van der Waals surface area contributed by atoms with Crippen molar-refractivity contribution in [2.24, 2.45) is 4.99 Å². The molecular formula is C96H59N8+. The topological polar surface area (TPSA) is 111 Å². The summed E-state index contributed by atoms with van der Waals surface area (Å²) in [5.74, 6) is 1.58. The minimum atomic E-state index is -0.603. The first-order valence-corrected chi connectivity index (χ1v) is 35.0. The highest BCUT2D eigenvalue weighted by Crippen LogP contribution is 2.65. The zero-order valence-corrected chi connectivity index (χ0v) is 56.1. The lowest BCUT2D eigenvalue weighted by Gasteiger charge is -2.30. The van der Waals surface area contributed by atoms with Crippen LogP contribution in [-0.2, 0) is 10.8 Å². The monoisotopic (exact) mass is 1320 g/mol. The minimum absolute atomic E-state index is 0.135. The third kappa shape index (κ3) is 9.23. The number of para-hydroxylation sites is 1. The molecule has 2 aromatic heterocycles. The van der Waals surface area contributed by atoms with Crippen LogP contribution in [0.1, 0.15) is 61.2 Å². The van der Waals surface area contributed by atoms with Gasteiger partial charge in [-0.15, -0.1) is 5.10 Å². The molecule has 20 rings (SSSR count). The van der Waals surface area contributed by atoms with Crippen molar-refractivity contribution in [1.82, 2.24) is 19.7 Å². The molecule has 0 unspecified atom stereocenters. The van der Waals surface area contributed by atoms with Crippen LogP contribution >= 0.6 is 0 Å². The number of hydrogen-bond acceptors (Lipinski definition) is 4. The molecule has 8 heteroatoms. The number of rotatable bonds is 8. The van der Waals surface area contributed by atoms with Crippen LogP contribution < -0.4 is 5.49 Å². The Bertz CT molecular complexity index is 6290. The van der Waals surface area contributed by atoms with Crippen molar-refractivity contribution in [3.63, 3.8) is 0 Å². The van der Waals surface area contributed by atoms with Crippen molar-refractivity contribution in [1.29, 1.82) is 10.7 Å². The number of aromatic amines is 1. The van der Waals surface area contributed by atoms with Crippen LogP contribution in [0.4, 0.5) is 5.69 Å². The van der Waals surface area contributed by atoms with Crippen LogP contribution in [0.15, 0.2) is 351 Å². The molecule has 0 atom stereocenters. The average Bonchev–Trinajstić information content (AvgIpc) is 1.52. The number of aromatic nitrogens is 4. The smallest absolute Gasteiger partial charge is 0.341 e. The predicted molar refractivity (Wildman–Crippen MR) is 417 cm³/mol. The van der Waals surface area contributed by atoms with E-state index in [1.54, 1.807) is 0 Å². The summed E-state index contributed by atoms with van der Waals surface area (Å²) in [5, 5.41) is 24.8. The quantitative estimate of drug-likeness (QED) is 0.117. The van der Waals surface area contributed by atoms with Gasteiger partial charge in [-0.05, 0) is 187 Å². The molecular weight excluding hydrogens is 1270 g/mol. The standard InChI is InChI=1S/C96H59N8/c97-57-60-35-47-78-80-49-45-69(55-89(80)95(87(78)51-60)83-31-14-10-27-74(83)75-28-11-15-32-84(75)95)62-37-41-65(42-38-62)91(98)101-93-82(64-19-4-1-5-20-64)54-71(59-100-93)68-23-18-24-72(53-68)99-58-61-36-48-79-81-50-46-70(56-90(81)96(88(79)52-61)85-33-16-12-29-76(85)77-30-13-17-34-86(77)96)63-39-43-66(44-40-63)92-102-94(67-21-6-2-7-22-67)104(103-92)73-25-8-3-9-26-73/h1-56,59H,(H2,98,100,101)/q+1. The van der Waals surface area contributed by atoms with Gasteiger partial charge in [0.2, 0.25) is 0 Å². The number of amidine groups is 1. The fourth-order valence-corrected chi connectivity index (χ4v) is 17.0. The van der Waals surface area contributed by atoms with Crippen LogP contribution in [0, 0.1) is 22.8 Å². The first-order valence-electron chi connectivity index (χ1n) is 35.0. The van der Waals surface area contributed by atoms with Crippen LogP contribution in [0.3, 0.4) is 0 Å². The average molecular weight is 1320 g/mol. The second-order valence-electron chi connectivity index (χ2n) is 27.1. The van der Waals surface area contributed by atoms with Crippen molar-refractivity contribution in [3.8, 4) is 130 Å². The lowest BCUT2D eigenvalue weighted by atomic mass is 9.70. The number of nitrogens with zero attached hydrogens (tertiary/aromatic N) is 6. The second-order valence-corrected chi connectivity index (χ2v) is 27.1. The Labute approximate surface area is 601 Å². The van der Waals surface area contributed by atoms with Gasteiger partial charge in [0.05, 0.1) is 28.2 Å². The minimum Gasteiger partial charge on any atom is -0.345 e. The van der Waals surface area contributed by atoms with E-state index in [0.717, 1.165) is 89.5 Å². The normalized spacial score (nSPS) is 13.2. The summed E-state index contributed by atoms with van der Waals surface area (Å²) in [5.41, 5.74) is 32.7. The Hall–Kier alpha value is -14.2. The van der Waals surface area contributed by atoms with Crippen LogP contribution in [0.25, 0.3) is 122 Å². The summed E-state index contributed by atoms with van der Waals surface area (Å²) < 4.78 is 1.93. The summed E-state index contributed by atoms with van der Waals surface area (Å²) >= 11 is 0. The van der Waals surface area contributed by atoms with Crippen molar-refractivity contribution in [2.45, 2.75) is 10.8 Å². The van der Waals surface area contributed by atoms with Gasteiger partial charge in [-0.25, -0.2) is 14.7 Å². The number of benzene rings is 14. The maximum absolute atomic E-state index is 10.2. The van der Waals surface area contributed by atoms with E-state index in [1.807, 2.05) is 95.8 Å². The molecule has 14 aromatic carbocycles. The summed E-state index contributed by atoms with van der Waals surface area (Å²) in [6.45, 7) is 0. The third-order valence-corrected chi connectivity index (χ3v) is 21.6. The van der Waals surface area contributed by atoms with Gasteiger partial charge in [0.1, 0.15) is 11.1 Å². The number of nitrogens with one attached hydrogen (secondary N) is 2. The second kappa shape index (κ2) is 23.8. The number of pyridine rings is 1. The summed E-state index contributed by atoms with van der Waals surface area (Å²) in [4.78, 5) is 18.8. The number of H-pyrrole nitrogens is 1. The van der Waals surface area contributed by atoms with Crippen molar-refractivity contribution in [3.05, 3.63) is 417 Å². The Morgan fingerprint density at radius 3 is 1.36 bits per heavy atom. The Kier molecular flexibility index (Phi) is 13.7. The van der Waals surface area contributed by atoms with Crippen LogP contribution in [-0.4, -0.2) is 25.6 Å². The van der Waals surface area contributed by atoms with E-state index in [2.05, 4.69) is 272 Å². The van der Waals surface area contributed by atoms with Crippen LogP contribution in [0.2, 0.25) is 0 Å². The van der Waals surface area contributed by atoms with Crippen molar-refractivity contribution < 1.29 is 0 Å². The number of fused-ring (bicyclic) bond motifs is 20. The van der Waals surface area contributed by atoms with Crippen LogP contribution in [0.5, 0.6) is 0 Å². The first kappa shape index (κ1) is 59.8. The van der Waals surface area contributed by atoms with Gasteiger partial charge in [0.25, 0.3) is 0 Å². The third-order valence-electron chi connectivity index (χ3n) is 21.6. The zero-order chi connectivity index (χ0) is 69.0. The molecule has 2 spiro atoms. The zero-order valence-electron chi connectivity index (χ0n) is 56.1. The molecule has 104 heavy (non-hydrogen) atoms. The van der Waals surface area contributed by atoms with Gasteiger partial charge < -0.3 is 4.98 Å². The molecule has 8 nitrogen and oxygen atoms in total. The maximum Gasteiger partial charge on any atom is 0.341 e. The summed E-state index contributed by atoms with van der Waals surface area (Å²) in [6.07, 6.45) is 1.96. The largest absolute Gasteiger partial charge is 0.345 e. The molecule has 0 fully saturated rings. The molecule has 2 N–H and O–H groups in total. The van der Waals surface area contributed by atoms with Crippen molar-refractivity contribution in [2.75, 3.05) is 0 Å². The predicted octanol–water partition coefficient (Wildman–Crippen LogP) is 22.1. The van der Waals surface area contributed by atoms with Crippen molar-refractivity contribution >= 4 is 11.5 Å². The Morgan fingerprint density at radius 2 is 0.798 bits per heavy atom. The van der Waals surface area contributed by atoms with Gasteiger partial charge in [-0.3, -0.25) is 5.41 Å². The fraction of sp³-hybridized carbons (Fsp3) is 0.0208. The first-order chi connectivity index (χ1) is 51.4. The summed E-state index contributed by atoms with van der Waals surface area (Å²) in [7, 11) is 0. The van der Waals surface area contributed by atoms with E-state index >= 15 is 0 Å². The van der Waals surface area contributed by atoms with Gasteiger partial charge in [-0.1, -0.05) is 273 Å². The SMILES string of the molecule is N#Cc1ccc2c(c1)C1(c3ccccc3-c3ccccc31)c1cc(-c3ccc(C(=N)N=c4[nH]cc(-c5cccc([N+]#Cc6ccc7c(c6)C6(c8ccccc8-c8ccccc86)c6cc(-c8ccc(-c9nc(-c%10ccccc%10)n(-c%10ccccc%10)n9)cc8)ccc6-7)c5)cc4-c4ccccc4)cc3)ccc1-2. The van der Waals surface area contributed by atoms with Gasteiger partial charge in [0.15, 0.2) is 17.5 Å². The van der Waals surface area contributed by atoms with Gasteiger partial charge in [-0.2, -0.15) is 5.26 Å². The molecule has 4 aliphatic rings. The maximum atomic E-state index is 10.2. The lowest BCUT2D eigenvalue weighted by Crippen LogP contribution is -2.26. The number of nitriles is 1. The lowest BCUT2D eigenvalue weighted by molar-refractivity contribution is 0.793. The van der Waals surface area contributed by atoms with E-state index in [1.165, 1.54) is 77.9 Å².